The van der Waals surface area contributed by atoms with E-state index in [4.69, 9.17) is 0 Å². The Hall–Kier alpha value is -0.610. The summed E-state index contributed by atoms with van der Waals surface area (Å²) in [5.41, 5.74) is 3.62. The molecule has 1 saturated carbocycles. The average Bonchev–Trinajstić information content (AvgIpc) is 2.93. The number of nitrogens with one attached hydrogen (secondary N) is 2. The summed E-state index contributed by atoms with van der Waals surface area (Å²) in [6.07, 6.45) is 8.07. The predicted molar refractivity (Wildman–Crippen MR) is 61.7 cm³/mol. The Balaban J connectivity index is 1.61. The summed E-state index contributed by atoms with van der Waals surface area (Å²) in [4.78, 5) is 12.0. The zero-order chi connectivity index (χ0) is 11.0. The Kier molecular flexibility index (Phi) is 2.64. The van der Waals surface area contributed by atoms with E-state index in [0.717, 1.165) is 19.5 Å². The lowest BCUT2D eigenvalue weighted by Crippen LogP contribution is -2.48. The second kappa shape index (κ2) is 4.00. The van der Waals surface area contributed by atoms with Crippen molar-refractivity contribution in [2.75, 3.05) is 13.1 Å². The van der Waals surface area contributed by atoms with Gasteiger partial charge in [-0.1, -0.05) is 12.8 Å². The van der Waals surface area contributed by atoms with Crippen LogP contribution in [-0.2, 0) is 4.79 Å². The lowest BCUT2D eigenvalue weighted by molar-refractivity contribution is -0.129. The van der Waals surface area contributed by atoms with E-state index in [1.54, 1.807) is 0 Å². The minimum atomic E-state index is 0.135. The first-order valence-corrected chi connectivity index (χ1v) is 6.59. The Labute approximate surface area is 96.7 Å². The van der Waals surface area contributed by atoms with Gasteiger partial charge in [0.15, 0.2) is 0 Å². The third-order valence-electron chi connectivity index (χ3n) is 4.29. The summed E-state index contributed by atoms with van der Waals surface area (Å²) in [5, 5.41) is 5.33. The van der Waals surface area contributed by atoms with Crippen LogP contribution in [0.15, 0.2) is 0 Å². The lowest BCUT2D eigenvalue weighted by atomic mass is 9.96. The molecule has 0 aromatic rings. The fraction of sp³-hybridized carbons (Fsp3) is 0.917. The van der Waals surface area contributed by atoms with Gasteiger partial charge in [0, 0.05) is 18.0 Å². The SMILES string of the molecule is O=C1CC2(CCCC2)NN1CC1CCCN1. The van der Waals surface area contributed by atoms with Crippen LogP contribution in [0.4, 0.5) is 0 Å². The van der Waals surface area contributed by atoms with E-state index in [9.17, 15) is 4.79 Å². The molecule has 0 aromatic carbocycles. The monoisotopic (exact) mass is 223 g/mol. The van der Waals surface area contributed by atoms with Gasteiger partial charge in [0.25, 0.3) is 0 Å². The Morgan fingerprint density at radius 2 is 2.12 bits per heavy atom. The number of hydrogen-bond acceptors (Lipinski definition) is 3. The molecule has 90 valence electrons. The van der Waals surface area contributed by atoms with Crippen LogP contribution in [0, 0.1) is 0 Å². The van der Waals surface area contributed by atoms with Crippen molar-refractivity contribution in [3.8, 4) is 0 Å². The molecule has 1 atom stereocenters. The second-order valence-electron chi connectivity index (χ2n) is 5.57. The van der Waals surface area contributed by atoms with Gasteiger partial charge >= 0.3 is 0 Å². The molecule has 2 saturated heterocycles. The lowest BCUT2D eigenvalue weighted by Gasteiger charge is -2.26. The zero-order valence-electron chi connectivity index (χ0n) is 9.80. The summed E-state index contributed by atoms with van der Waals surface area (Å²) in [6, 6.07) is 0.507. The normalized spacial score (nSPS) is 33.1. The molecule has 4 nitrogen and oxygen atoms in total. The van der Waals surface area contributed by atoms with Crippen molar-refractivity contribution in [1.29, 1.82) is 0 Å². The van der Waals surface area contributed by atoms with Gasteiger partial charge in [0.1, 0.15) is 0 Å². The van der Waals surface area contributed by atoms with Crippen molar-refractivity contribution in [1.82, 2.24) is 15.8 Å². The summed E-state index contributed by atoms with van der Waals surface area (Å²) in [5.74, 6) is 0.301. The third-order valence-corrected chi connectivity index (χ3v) is 4.29. The zero-order valence-corrected chi connectivity index (χ0v) is 9.80. The summed E-state index contributed by atoms with van der Waals surface area (Å²) in [6.45, 7) is 1.96. The van der Waals surface area contributed by atoms with Crippen LogP contribution in [0.2, 0.25) is 0 Å². The van der Waals surface area contributed by atoms with Gasteiger partial charge in [-0.05, 0) is 32.2 Å². The molecule has 0 radical (unpaired) electrons. The van der Waals surface area contributed by atoms with Gasteiger partial charge < -0.3 is 5.32 Å². The minimum Gasteiger partial charge on any atom is -0.312 e. The number of hydrogen-bond donors (Lipinski definition) is 2. The Morgan fingerprint density at radius 1 is 1.31 bits per heavy atom. The molecule has 1 spiro atoms. The fourth-order valence-electron chi connectivity index (χ4n) is 3.39. The maximum Gasteiger partial charge on any atom is 0.238 e. The Bertz CT molecular complexity index is 280. The topological polar surface area (TPSA) is 44.4 Å². The maximum atomic E-state index is 12.0. The highest BCUT2D eigenvalue weighted by Crippen LogP contribution is 2.36. The number of carbonyl (C=O) groups is 1. The first kappa shape index (κ1) is 10.5. The van der Waals surface area contributed by atoms with E-state index in [1.807, 2.05) is 5.01 Å². The predicted octanol–water partition coefficient (Wildman–Crippen LogP) is 0.788. The highest BCUT2D eigenvalue weighted by atomic mass is 16.2. The largest absolute Gasteiger partial charge is 0.312 e. The van der Waals surface area contributed by atoms with Crippen LogP contribution in [0.1, 0.15) is 44.9 Å². The van der Waals surface area contributed by atoms with E-state index >= 15 is 0 Å². The van der Waals surface area contributed by atoms with Gasteiger partial charge in [-0.3, -0.25) is 9.80 Å². The molecule has 16 heavy (non-hydrogen) atoms. The molecular formula is C12H21N3O. The van der Waals surface area contributed by atoms with Crippen molar-refractivity contribution >= 4 is 5.91 Å². The summed E-state index contributed by atoms with van der Waals surface area (Å²) < 4.78 is 0. The smallest absolute Gasteiger partial charge is 0.238 e. The molecular weight excluding hydrogens is 202 g/mol. The van der Waals surface area contributed by atoms with Crippen LogP contribution >= 0.6 is 0 Å². The minimum absolute atomic E-state index is 0.135. The molecule has 1 amide bonds. The number of carbonyl (C=O) groups excluding carboxylic acids is 1. The van der Waals surface area contributed by atoms with Crippen LogP contribution < -0.4 is 10.7 Å². The van der Waals surface area contributed by atoms with Crippen LogP contribution in [0.25, 0.3) is 0 Å². The van der Waals surface area contributed by atoms with Crippen molar-refractivity contribution in [3.05, 3.63) is 0 Å². The van der Waals surface area contributed by atoms with E-state index < -0.39 is 0 Å². The second-order valence-corrected chi connectivity index (χ2v) is 5.57. The molecule has 2 heterocycles. The van der Waals surface area contributed by atoms with Gasteiger partial charge in [0.05, 0.1) is 6.54 Å². The van der Waals surface area contributed by atoms with Crippen molar-refractivity contribution in [3.63, 3.8) is 0 Å². The molecule has 1 unspecified atom stereocenters. The molecule has 3 fully saturated rings. The van der Waals surface area contributed by atoms with Gasteiger partial charge in [-0.25, -0.2) is 5.43 Å². The molecule has 0 aromatic heterocycles. The highest BCUT2D eigenvalue weighted by Gasteiger charge is 2.44. The van der Waals surface area contributed by atoms with E-state index in [1.165, 1.54) is 38.5 Å². The molecule has 2 N–H and O–H groups in total. The third kappa shape index (κ3) is 1.84. The molecule has 3 rings (SSSR count). The van der Waals surface area contributed by atoms with Crippen molar-refractivity contribution < 1.29 is 4.79 Å². The number of rotatable bonds is 2. The molecule has 1 aliphatic carbocycles. The van der Waals surface area contributed by atoms with E-state index in [-0.39, 0.29) is 5.54 Å². The van der Waals surface area contributed by atoms with Crippen LogP contribution in [0.3, 0.4) is 0 Å². The molecule has 0 bridgehead atoms. The van der Waals surface area contributed by atoms with Crippen molar-refractivity contribution in [2.45, 2.75) is 56.5 Å². The highest BCUT2D eigenvalue weighted by molar-refractivity contribution is 5.79. The quantitative estimate of drug-likeness (QED) is 0.727. The molecule has 4 heteroatoms. The fourth-order valence-corrected chi connectivity index (χ4v) is 3.39. The van der Waals surface area contributed by atoms with Gasteiger partial charge in [-0.2, -0.15) is 0 Å². The number of amides is 1. The average molecular weight is 223 g/mol. The van der Waals surface area contributed by atoms with E-state index in [0.29, 0.717) is 11.9 Å². The van der Waals surface area contributed by atoms with Crippen LogP contribution in [0.5, 0.6) is 0 Å². The van der Waals surface area contributed by atoms with Gasteiger partial charge in [-0.15, -0.1) is 0 Å². The number of hydrazine groups is 1. The summed E-state index contributed by atoms with van der Waals surface area (Å²) >= 11 is 0. The Morgan fingerprint density at radius 3 is 2.81 bits per heavy atom. The molecule has 3 aliphatic rings. The van der Waals surface area contributed by atoms with Gasteiger partial charge in [0.2, 0.25) is 5.91 Å². The first-order valence-electron chi connectivity index (χ1n) is 6.59. The van der Waals surface area contributed by atoms with Crippen LogP contribution in [-0.4, -0.2) is 35.6 Å². The maximum absolute atomic E-state index is 12.0. The molecule has 2 aliphatic heterocycles. The van der Waals surface area contributed by atoms with Crippen molar-refractivity contribution in [2.24, 2.45) is 0 Å². The first-order chi connectivity index (χ1) is 7.77. The standard InChI is InChI=1S/C12H21N3O/c16-11-8-12(5-1-2-6-12)14-15(11)9-10-4-3-7-13-10/h10,13-14H,1-9H2. The van der Waals surface area contributed by atoms with E-state index in [2.05, 4.69) is 10.7 Å². The summed E-state index contributed by atoms with van der Waals surface area (Å²) in [7, 11) is 0. The number of nitrogens with zero attached hydrogens (tertiary/aromatic N) is 1.